The van der Waals surface area contributed by atoms with Crippen LogP contribution in [0.1, 0.15) is 44.6 Å². The monoisotopic (exact) mass is 659 g/mol. The van der Waals surface area contributed by atoms with Crippen molar-refractivity contribution in [1.82, 2.24) is 10.2 Å². The summed E-state index contributed by atoms with van der Waals surface area (Å²) in [4.78, 5) is 29.2. The number of carbonyl (C=O) groups excluding carboxylic acids is 2. The van der Waals surface area contributed by atoms with Crippen LogP contribution >= 0.6 is 11.6 Å². The zero-order valence-corrected chi connectivity index (χ0v) is 27.3. The molecule has 0 spiro atoms. The van der Waals surface area contributed by atoms with E-state index in [2.05, 4.69) is 5.32 Å². The van der Waals surface area contributed by atoms with Crippen molar-refractivity contribution in [2.45, 2.75) is 62.6 Å². The molecule has 1 saturated carbocycles. The number of sulfonamides is 1. The molecule has 5 rings (SSSR count). The van der Waals surface area contributed by atoms with Crippen LogP contribution in [0.2, 0.25) is 5.02 Å². The first-order valence-corrected chi connectivity index (χ1v) is 17.3. The lowest BCUT2D eigenvalue weighted by Crippen LogP contribution is -2.53. The molecule has 4 aromatic carbocycles. The van der Waals surface area contributed by atoms with E-state index in [1.165, 1.54) is 17.0 Å². The molecular formula is C36H38ClN3O5S. The Kier molecular flexibility index (Phi) is 11.0. The second-order valence-corrected chi connectivity index (χ2v) is 13.7. The lowest BCUT2D eigenvalue weighted by atomic mass is 9.95. The number of carbonyl (C=O) groups is 2. The van der Waals surface area contributed by atoms with Crippen LogP contribution < -0.4 is 14.4 Å². The molecule has 0 saturated heterocycles. The van der Waals surface area contributed by atoms with E-state index in [4.69, 9.17) is 16.3 Å². The summed E-state index contributed by atoms with van der Waals surface area (Å²) in [5.74, 6) is 0.354. The van der Waals surface area contributed by atoms with Crippen LogP contribution in [-0.2, 0) is 26.2 Å². The Morgan fingerprint density at radius 2 is 1.41 bits per heavy atom. The summed E-state index contributed by atoms with van der Waals surface area (Å²) in [6.07, 6.45) is 5.05. The largest absolute Gasteiger partial charge is 0.457 e. The predicted molar refractivity (Wildman–Crippen MR) is 180 cm³/mol. The van der Waals surface area contributed by atoms with Crippen molar-refractivity contribution in [2.75, 3.05) is 10.8 Å². The maximum Gasteiger partial charge on any atom is 0.264 e. The van der Waals surface area contributed by atoms with Crippen LogP contribution in [0.3, 0.4) is 0 Å². The predicted octanol–water partition coefficient (Wildman–Crippen LogP) is 7.19. The highest BCUT2D eigenvalue weighted by atomic mass is 35.5. The van der Waals surface area contributed by atoms with Crippen molar-refractivity contribution < 1.29 is 22.7 Å². The third kappa shape index (κ3) is 8.47. The Labute approximate surface area is 276 Å². The van der Waals surface area contributed by atoms with Crippen molar-refractivity contribution in [2.24, 2.45) is 0 Å². The van der Waals surface area contributed by atoms with Crippen molar-refractivity contribution in [3.05, 3.63) is 120 Å². The van der Waals surface area contributed by atoms with Gasteiger partial charge in [0.25, 0.3) is 10.0 Å². The van der Waals surface area contributed by atoms with Gasteiger partial charge in [-0.2, -0.15) is 0 Å². The SMILES string of the molecule is C[C@H](C(=O)NC1CCCCC1)N(Cc1ccc(Cl)cc1)C(=O)CN(c1ccc(Oc2ccccc2)cc1)S(=O)(=O)c1ccccc1. The topological polar surface area (TPSA) is 96.0 Å². The van der Waals surface area contributed by atoms with Crippen molar-refractivity contribution >= 4 is 39.1 Å². The van der Waals surface area contributed by atoms with E-state index in [0.29, 0.717) is 16.5 Å². The molecule has 0 aromatic heterocycles. The number of benzene rings is 4. The van der Waals surface area contributed by atoms with Crippen molar-refractivity contribution in [3.63, 3.8) is 0 Å². The Hall–Kier alpha value is -4.34. The molecular weight excluding hydrogens is 622 g/mol. The summed E-state index contributed by atoms with van der Waals surface area (Å²) in [7, 11) is -4.17. The fourth-order valence-corrected chi connectivity index (χ4v) is 7.05. The van der Waals surface area contributed by atoms with E-state index >= 15 is 0 Å². The highest BCUT2D eigenvalue weighted by Crippen LogP contribution is 2.29. The molecule has 2 amide bonds. The lowest BCUT2D eigenvalue weighted by molar-refractivity contribution is -0.139. The molecule has 0 radical (unpaired) electrons. The van der Waals surface area contributed by atoms with Gasteiger partial charge in [0.2, 0.25) is 11.8 Å². The molecule has 1 fully saturated rings. The van der Waals surface area contributed by atoms with Crippen LogP contribution in [0.4, 0.5) is 5.69 Å². The van der Waals surface area contributed by atoms with Gasteiger partial charge in [-0.05, 0) is 86.0 Å². The molecule has 1 N–H and O–H groups in total. The molecule has 46 heavy (non-hydrogen) atoms. The molecule has 0 unspecified atom stereocenters. The third-order valence-electron chi connectivity index (χ3n) is 8.10. The van der Waals surface area contributed by atoms with Gasteiger partial charge in [-0.25, -0.2) is 8.42 Å². The Bertz CT molecular complexity index is 1700. The van der Waals surface area contributed by atoms with Gasteiger partial charge in [0, 0.05) is 17.6 Å². The first-order chi connectivity index (χ1) is 22.2. The fourth-order valence-electron chi connectivity index (χ4n) is 5.49. The summed E-state index contributed by atoms with van der Waals surface area (Å²) in [6, 6.07) is 30.0. The van der Waals surface area contributed by atoms with Crippen LogP contribution in [0, 0.1) is 0 Å². The summed E-state index contributed by atoms with van der Waals surface area (Å²) >= 11 is 6.11. The van der Waals surface area contributed by atoms with Crippen LogP contribution in [0.5, 0.6) is 11.5 Å². The number of ether oxygens (including phenoxy) is 1. The van der Waals surface area contributed by atoms with E-state index in [1.54, 1.807) is 73.7 Å². The molecule has 240 valence electrons. The van der Waals surface area contributed by atoms with Crippen molar-refractivity contribution in [1.29, 1.82) is 0 Å². The summed E-state index contributed by atoms with van der Waals surface area (Å²) in [5, 5.41) is 3.66. The molecule has 0 bridgehead atoms. The normalized spacial score (nSPS) is 14.2. The number of rotatable bonds is 12. The molecule has 1 aliphatic rings. The maximum absolute atomic E-state index is 14.2. The van der Waals surface area contributed by atoms with Gasteiger partial charge in [-0.1, -0.05) is 79.4 Å². The molecule has 10 heteroatoms. The molecule has 4 aromatic rings. The lowest BCUT2D eigenvalue weighted by Gasteiger charge is -2.33. The molecule has 0 heterocycles. The summed E-state index contributed by atoms with van der Waals surface area (Å²) in [6.45, 7) is 1.25. The highest BCUT2D eigenvalue weighted by molar-refractivity contribution is 7.92. The number of hydrogen-bond acceptors (Lipinski definition) is 5. The molecule has 1 aliphatic carbocycles. The van der Waals surface area contributed by atoms with Crippen LogP contribution in [0.25, 0.3) is 0 Å². The second-order valence-electron chi connectivity index (χ2n) is 11.4. The maximum atomic E-state index is 14.2. The van der Waals surface area contributed by atoms with Gasteiger partial charge in [-0.15, -0.1) is 0 Å². The van der Waals surface area contributed by atoms with Crippen LogP contribution in [0.15, 0.2) is 114 Å². The number of para-hydroxylation sites is 1. The fraction of sp³-hybridized carbons (Fsp3) is 0.278. The van der Waals surface area contributed by atoms with E-state index in [1.807, 2.05) is 30.3 Å². The van der Waals surface area contributed by atoms with E-state index < -0.39 is 28.5 Å². The minimum absolute atomic E-state index is 0.0414. The first-order valence-electron chi connectivity index (χ1n) is 15.5. The standard InChI is InChI=1S/C36H38ClN3O5S/c1-27(36(42)38-30-11-5-2-6-12-30)39(25-28-17-19-29(37)20-18-28)35(41)26-40(46(43,44)34-15-9-4-10-16-34)31-21-23-33(24-22-31)45-32-13-7-3-8-14-32/h3-4,7-10,13-24,27,30H,2,5-6,11-12,25-26H2,1H3,(H,38,42)/t27-/m1/s1. The zero-order valence-electron chi connectivity index (χ0n) is 25.7. The number of nitrogens with one attached hydrogen (secondary N) is 1. The number of amides is 2. The Morgan fingerprint density at radius 3 is 2.04 bits per heavy atom. The van der Waals surface area contributed by atoms with E-state index in [9.17, 15) is 18.0 Å². The van der Waals surface area contributed by atoms with Crippen LogP contribution in [-0.4, -0.2) is 43.8 Å². The van der Waals surface area contributed by atoms with Gasteiger partial charge in [0.05, 0.1) is 10.6 Å². The molecule has 1 atom stereocenters. The van der Waals surface area contributed by atoms with E-state index in [-0.39, 0.29) is 29.1 Å². The highest BCUT2D eigenvalue weighted by Gasteiger charge is 2.33. The number of anilines is 1. The van der Waals surface area contributed by atoms with Gasteiger partial charge in [0.15, 0.2) is 0 Å². The third-order valence-corrected chi connectivity index (χ3v) is 10.1. The number of halogens is 1. The Balaban J connectivity index is 1.45. The van der Waals surface area contributed by atoms with Gasteiger partial charge in [-0.3, -0.25) is 13.9 Å². The summed E-state index contributed by atoms with van der Waals surface area (Å²) < 4.78 is 35.1. The zero-order chi connectivity index (χ0) is 32.5. The van der Waals surface area contributed by atoms with Gasteiger partial charge < -0.3 is 15.0 Å². The smallest absolute Gasteiger partial charge is 0.264 e. The Morgan fingerprint density at radius 1 is 0.826 bits per heavy atom. The van der Waals surface area contributed by atoms with E-state index in [0.717, 1.165) is 42.0 Å². The average Bonchev–Trinajstić information content (AvgIpc) is 3.08. The number of hydrogen-bond donors (Lipinski definition) is 1. The average molecular weight is 660 g/mol. The minimum Gasteiger partial charge on any atom is -0.457 e. The van der Waals surface area contributed by atoms with Gasteiger partial charge >= 0.3 is 0 Å². The first kappa shape index (κ1) is 33.0. The summed E-state index contributed by atoms with van der Waals surface area (Å²) in [5.41, 5.74) is 1.04. The molecule has 0 aliphatic heterocycles. The molecule has 8 nitrogen and oxygen atoms in total. The quantitative estimate of drug-likeness (QED) is 0.174. The second kappa shape index (κ2) is 15.3. The number of nitrogens with zero attached hydrogens (tertiary/aromatic N) is 2. The van der Waals surface area contributed by atoms with Crippen molar-refractivity contribution in [3.8, 4) is 11.5 Å². The minimum atomic E-state index is -4.17. The van der Waals surface area contributed by atoms with Gasteiger partial charge in [0.1, 0.15) is 24.1 Å².